The molecule has 0 fully saturated rings. The third-order valence-corrected chi connectivity index (χ3v) is 6.69. The van der Waals surface area contributed by atoms with Crippen molar-refractivity contribution < 1.29 is 17.9 Å². The Labute approximate surface area is 179 Å². The van der Waals surface area contributed by atoms with Gasteiger partial charge in [0.2, 0.25) is 10.0 Å². The Morgan fingerprint density at radius 3 is 2.32 bits per heavy atom. The zero-order valence-electron chi connectivity index (χ0n) is 17.1. The molecule has 0 bridgehead atoms. The van der Waals surface area contributed by atoms with Gasteiger partial charge in [-0.1, -0.05) is 54.6 Å². The summed E-state index contributed by atoms with van der Waals surface area (Å²) in [5, 5.41) is 10.9. The Hall–Kier alpha value is -3.20. The van der Waals surface area contributed by atoms with Crippen LogP contribution in [0.1, 0.15) is 12.5 Å². The average molecular weight is 439 g/mol. The van der Waals surface area contributed by atoms with E-state index >= 15 is 0 Å². The fourth-order valence-corrected chi connectivity index (χ4v) is 4.50. The second kappa shape index (κ2) is 7.81. The highest BCUT2D eigenvalue weighted by Gasteiger charge is 2.26. The number of rotatable bonds is 6. The Bertz CT molecular complexity index is 1390. The van der Waals surface area contributed by atoms with Gasteiger partial charge in [0.1, 0.15) is 5.60 Å². The number of oxazole rings is 1. The van der Waals surface area contributed by atoms with Crippen molar-refractivity contribution in [2.45, 2.75) is 17.4 Å². The van der Waals surface area contributed by atoms with Gasteiger partial charge in [0, 0.05) is 13.6 Å². The first-order chi connectivity index (χ1) is 14.7. The molecule has 0 saturated heterocycles. The monoisotopic (exact) mass is 438 g/mol. The fraction of sp³-hybridized carbons (Fsp3) is 0.174. The van der Waals surface area contributed by atoms with Crippen LogP contribution in [0.5, 0.6) is 0 Å². The van der Waals surface area contributed by atoms with E-state index in [1.165, 1.54) is 29.8 Å². The molecular formula is C23H22N2O5S. The molecule has 0 radical (unpaired) electrons. The van der Waals surface area contributed by atoms with Crippen LogP contribution in [0.15, 0.2) is 86.9 Å². The van der Waals surface area contributed by atoms with E-state index in [2.05, 4.69) is 4.72 Å². The molecule has 0 aliphatic rings. The minimum atomic E-state index is -3.92. The van der Waals surface area contributed by atoms with Crippen LogP contribution in [0.25, 0.3) is 22.2 Å². The van der Waals surface area contributed by atoms with E-state index in [-0.39, 0.29) is 11.4 Å². The lowest BCUT2D eigenvalue weighted by atomic mass is 9.94. The topological polar surface area (TPSA) is 102 Å². The van der Waals surface area contributed by atoms with E-state index in [0.29, 0.717) is 16.7 Å². The van der Waals surface area contributed by atoms with Crippen LogP contribution in [-0.4, -0.2) is 24.6 Å². The van der Waals surface area contributed by atoms with Crippen molar-refractivity contribution in [1.29, 1.82) is 0 Å². The van der Waals surface area contributed by atoms with Gasteiger partial charge in [-0.25, -0.2) is 17.9 Å². The SMILES string of the molecule is Cn1c(=O)oc2ccc(S(=O)(=O)NCC(C)(O)c3ccc(-c4ccccc4)cc3)cc21. The first kappa shape index (κ1) is 21.0. The Morgan fingerprint density at radius 1 is 1.00 bits per heavy atom. The second-order valence-corrected chi connectivity index (χ2v) is 9.37. The molecule has 7 nitrogen and oxygen atoms in total. The molecule has 3 aromatic carbocycles. The molecule has 1 atom stereocenters. The number of nitrogens with one attached hydrogen (secondary N) is 1. The number of hydrogen-bond acceptors (Lipinski definition) is 5. The van der Waals surface area contributed by atoms with Gasteiger partial charge < -0.3 is 9.52 Å². The molecule has 0 amide bonds. The molecule has 0 spiro atoms. The maximum atomic E-state index is 12.8. The van der Waals surface area contributed by atoms with Crippen LogP contribution in [0, 0.1) is 0 Å². The molecule has 31 heavy (non-hydrogen) atoms. The normalized spacial score (nSPS) is 13.9. The molecule has 0 aliphatic carbocycles. The van der Waals surface area contributed by atoms with Crippen LogP contribution in [0.4, 0.5) is 0 Å². The molecule has 2 N–H and O–H groups in total. The van der Waals surface area contributed by atoms with Crippen molar-refractivity contribution in [2.24, 2.45) is 7.05 Å². The van der Waals surface area contributed by atoms with Gasteiger partial charge in [-0.3, -0.25) is 4.57 Å². The summed E-state index contributed by atoms with van der Waals surface area (Å²) < 4.78 is 34.3. The number of hydrogen-bond donors (Lipinski definition) is 2. The van der Waals surface area contributed by atoms with E-state index in [9.17, 15) is 18.3 Å². The quantitative estimate of drug-likeness (QED) is 0.482. The van der Waals surface area contributed by atoms with Crippen molar-refractivity contribution in [3.8, 4) is 11.1 Å². The van der Waals surface area contributed by atoms with Crippen LogP contribution >= 0.6 is 0 Å². The van der Waals surface area contributed by atoms with Gasteiger partial charge in [0.25, 0.3) is 0 Å². The molecule has 4 rings (SSSR count). The summed E-state index contributed by atoms with van der Waals surface area (Å²) in [7, 11) is -2.42. The lowest BCUT2D eigenvalue weighted by Crippen LogP contribution is -2.38. The van der Waals surface area contributed by atoms with Crippen molar-refractivity contribution in [3.05, 3.63) is 88.9 Å². The maximum Gasteiger partial charge on any atom is 0.419 e. The molecule has 1 aromatic heterocycles. The second-order valence-electron chi connectivity index (χ2n) is 7.60. The number of aliphatic hydroxyl groups is 1. The van der Waals surface area contributed by atoms with E-state index in [0.717, 1.165) is 11.1 Å². The standard InChI is InChI=1S/C23H22N2O5S/c1-23(27,18-10-8-17(9-11-18)16-6-4-3-5-7-16)15-24-31(28,29)19-12-13-21-20(14-19)25(2)22(26)30-21/h3-14,24,27H,15H2,1-2H3. The minimum Gasteiger partial charge on any atom is -0.408 e. The third-order valence-electron chi connectivity index (χ3n) is 5.29. The van der Waals surface area contributed by atoms with Gasteiger partial charge in [0.05, 0.1) is 10.4 Å². The summed E-state index contributed by atoms with van der Waals surface area (Å²) >= 11 is 0. The number of benzene rings is 3. The molecule has 0 aliphatic heterocycles. The largest absolute Gasteiger partial charge is 0.419 e. The van der Waals surface area contributed by atoms with E-state index in [4.69, 9.17) is 4.42 Å². The summed E-state index contributed by atoms with van der Waals surface area (Å²) in [4.78, 5) is 11.6. The fourth-order valence-electron chi connectivity index (χ4n) is 3.35. The summed E-state index contributed by atoms with van der Waals surface area (Å²) in [5.74, 6) is -0.570. The number of aryl methyl sites for hydroxylation is 1. The third kappa shape index (κ3) is 4.18. The number of sulfonamides is 1. The van der Waals surface area contributed by atoms with Crippen molar-refractivity contribution in [2.75, 3.05) is 6.54 Å². The highest BCUT2D eigenvalue weighted by atomic mass is 32.2. The van der Waals surface area contributed by atoms with Gasteiger partial charge in [-0.15, -0.1) is 0 Å². The van der Waals surface area contributed by atoms with Crippen molar-refractivity contribution >= 4 is 21.1 Å². The van der Waals surface area contributed by atoms with Crippen LogP contribution < -0.4 is 10.5 Å². The Kier molecular flexibility index (Phi) is 5.30. The summed E-state index contributed by atoms with van der Waals surface area (Å²) in [6, 6.07) is 21.3. The van der Waals surface area contributed by atoms with Crippen molar-refractivity contribution in [1.82, 2.24) is 9.29 Å². The molecule has 1 unspecified atom stereocenters. The molecule has 4 aromatic rings. The number of nitrogens with zero attached hydrogens (tertiary/aromatic N) is 1. The molecular weight excluding hydrogens is 416 g/mol. The van der Waals surface area contributed by atoms with Gasteiger partial charge >= 0.3 is 5.76 Å². The van der Waals surface area contributed by atoms with Gasteiger partial charge in [-0.2, -0.15) is 0 Å². The Balaban J connectivity index is 1.53. The summed E-state index contributed by atoms with van der Waals surface area (Å²) in [5.41, 5.74) is 1.89. The number of aromatic nitrogens is 1. The predicted molar refractivity (Wildman–Crippen MR) is 118 cm³/mol. The lowest BCUT2D eigenvalue weighted by molar-refractivity contribution is 0.0627. The molecule has 1 heterocycles. The zero-order valence-corrected chi connectivity index (χ0v) is 17.9. The molecule has 0 saturated carbocycles. The number of fused-ring (bicyclic) bond motifs is 1. The lowest BCUT2D eigenvalue weighted by Gasteiger charge is -2.24. The zero-order chi connectivity index (χ0) is 22.2. The highest BCUT2D eigenvalue weighted by Crippen LogP contribution is 2.25. The summed E-state index contributed by atoms with van der Waals surface area (Å²) in [6.45, 7) is 1.33. The Morgan fingerprint density at radius 2 is 1.65 bits per heavy atom. The van der Waals surface area contributed by atoms with E-state index in [1.807, 2.05) is 42.5 Å². The van der Waals surface area contributed by atoms with E-state index in [1.54, 1.807) is 19.1 Å². The van der Waals surface area contributed by atoms with Crippen LogP contribution in [-0.2, 0) is 22.7 Å². The average Bonchev–Trinajstić information content (AvgIpc) is 3.06. The van der Waals surface area contributed by atoms with Crippen molar-refractivity contribution in [3.63, 3.8) is 0 Å². The smallest absolute Gasteiger partial charge is 0.408 e. The highest BCUT2D eigenvalue weighted by molar-refractivity contribution is 7.89. The molecule has 160 valence electrons. The van der Waals surface area contributed by atoms with Crippen LogP contribution in [0.3, 0.4) is 0 Å². The van der Waals surface area contributed by atoms with Crippen LogP contribution in [0.2, 0.25) is 0 Å². The predicted octanol–water partition coefficient (Wildman–Crippen LogP) is 2.98. The van der Waals surface area contributed by atoms with E-state index < -0.39 is 21.4 Å². The first-order valence-electron chi connectivity index (χ1n) is 9.65. The molecule has 8 heteroatoms. The summed E-state index contributed by atoms with van der Waals surface area (Å²) in [6.07, 6.45) is 0. The van der Waals surface area contributed by atoms with Gasteiger partial charge in [-0.05, 0) is 41.8 Å². The maximum absolute atomic E-state index is 12.8. The van der Waals surface area contributed by atoms with Gasteiger partial charge in [0.15, 0.2) is 5.58 Å². The first-order valence-corrected chi connectivity index (χ1v) is 11.1. The minimum absolute atomic E-state index is 0.0216.